The van der Waals surface area contributed by atoms with Gasteiger partial charge in [0.2, 0.25) is 11.6 Å². The Bertz CT molecular complexity index is 1450. The van der Waals surface area contributed by atoms with Crippen molar-refractivity contribution in [1.82, 2.24) is 9.97 Å². The molecule has 194 valence electrons. The van der Waals surface area contributed by atoms with Gasteiger partial charge in [-0.2, -0.15) is 5.26 Å². The second-order valence-corrected chi connectivity index (χ2v) is 8.52. The van der Waals surface area contributed by atoms with Crippen LogP contribution in [-0.4, -0.2) is 48.8 Å². The van der Waals surface area contributed by atoms with Crippen LogP contribution in [0.15, 0.2) is 57.8 Å². The molecule has 0 amide bonds. The Hall–Kier alpha value is -4.62. The highest BCUT2D eigenvalue weighted by Gasteiger charge is 2.23. The first-order chi connectivity index (χ1) is 18.6. The van der Waals surface area contributed by atoms with Gasteiger partial charge >= 0.3 is 5.97 Å². The fourth-order valence-electron chi connectivity index (χ4n) is 4.25. The zero-order chi connectivity index (χ0) is 26.5. The number of morpholine rings is 1. The van der Waals surface area contributed by atoms with Crippen molar-refractivity contribution >= 4 is 11.7 Å². The maximum Gasteiger partial charge on any atom is 0.376 e. The summed E-state index contributed by atoms with van der Waals surface area (Å²) in [6, 6.07) is 13.9. The molecule has 10 heteroatoms. The van der Waals surface area contributed by atoms with E-state index in [1.165, 1.54) is 6.26 Å². The number of nitrogens with zero attached hydrogens (tertiary/aromatic N) is 4. The minimum absolute atomic E-state index is 0.0345. The van der Waals surface area contributed by atoms with Gasteiger partial charge in [-0.15, -0.1) is 0 Å². The number of furan rings is 1. The van der Waals surface area contributed by atoms with Crippen molar-refractivity contribution in [3.05, 3.63) is 71.8 Å². The van der Waals surface area contributed by atoms with Gasteiger partial charge in [-0.25, -0.2) is 14.8 Å². The van der Waals surface area contributed by atoms with Crippen LogP contribution in [0, 0.1) is 18.3 Å². The molecule has 4 heterocycles. The number of hydrogen-bond acceptors (Lipinski definition) is 10. The molecule has 10 nitrogen and oxygen atoms in total. The smallest absolute Gasteiger partial charge is 0.376 e. The molecule has 1 saturated heterocycles. The Morgan fingerprint density at radius 2 is 1.92 bits per heavy atom. The molecule has 0 aliphatic carbocycles. The van der Waals surface area contributed by atoms with E-state index in [1.807, 2.05) is 30.3 Å². The second-order valence-electron chi connectivity index (χ2n) is 8.52. The molecule has 0 N–H and O–H groups in total. The molecule has 1 aliphatic heterocycles. The van der Waals surface area contributed by atoms with Gasteiger partial charge in [-0.1, -0.05) is 12.1 Å². The van der Waals surface area contributed by atoms with Crippen molar-refractivity contribution < 1.29 is 27.8 Å². The van der Waals surface area contributed by atoms with Gasteiger partial charge in [0.25, 0.3) is 0 Å². The number of aromatic nitrogens is 2. The van der Waals surface area contributed by atoms with E-state index in [4.69, 9.17) is 23.0 Å². The molecule has 0 unspecified atom stereocenters. The number of anilines is 1. The highest BCUT2D eigenvalue weighted by atomic mass is 16.5. The van der Waals surface area contributed by atoms with Crippen LogP contribution in [0.3, 0.4) is 0 Å². The van der Waals surface area contributed by atoms with E-state index >= 15 is 0 Å². The summed E-state index contributed by atoms with van der Waals surface area (Å²) in [5.41, 5.74) is 4.39. The third-order valence-corrected chi connectivity index (χ3v) is 6.08. The van der Waals surface area contributed by atoms with Crippen LogP contribution in [0.25, 0.3) is 22.4 Å². The number of nitriles is 1. The fraction of sp³-hybridized carbons (Fsp3) is 0.286. The van der Waals surface area contributed by atoms with Crippen molar-refractivity contribution in [3.63, 3.8) is 0 Å². The summed E-state index contributed by atoms with van der Waals surface area (Å²) in [4.78, 5) is 23.5. The molecule has 38 heavy (non-hydrogen) atoms. The molecule has 1 aliphatic rings. The maximum absolute atomic E-state index is 12.3. The lowest BCUT2D eigenvalue weighted by atomic mass is 10.0. The number of carbonyl (C=O) groups is 1. The zero-order valence-electron chi connectivity index (χ0n) is 21.1. The number of carbonyl (C=O) groups excluding carboxylic acids is 1. The van der Waals surface area contributed by atoms with E-state index < -0.39 is 5.97 Å². The molecule has 1 fully saturated rings. The van der Waals surface area contributed by atoms with Crippen LogP contribution < -0.4 is 9.64 Å². The lowest BCUT2D eigenvalue weighted by molar-refractivity contribution is 0.0484. The highest BCUT2D eigenvalue weighted by Crippen LogP contribution is 2.34. The number of benzene rings is 1. The minimum Gasteiger partial charge on any atom is -0.472 e. The molecule has 1 aromatic carbocycles. The Balaban J connectivity index is 1.50. The molecular weight excluding hydrogens is 488 g/mol. The normalized spacial score (nSPS) is 13.2. The SMILES string of the molecule is CCOC(=O)c1oc(C)nc1COc1nc(-c2ccc(N3CCOCC3)cc2)cc(-c2ccoc2)c1C#N. The van der Waals surface area contributed by atoms with Crippen LogP contribution in [-0.2, 0) is 16.1 Å². The van der Waals surface area contributed by atoms with E-state index in [-0.39, 0.29) is 36.1 Å². The van der Waals surface area contributed by atoms with Gasteiger partial charge in [0, 0.05) is 42.4 Å². The predicted octanol–water partition coefficient (Wildman–Crippen LogP) is 4.77. The van der Waals surface area contributed by atoms with Crippen LogP contribution >= 0.6 is 0 Å². The second kappa shape index (κ2) is 11.2. The highest BCUT2D eigenvalue weighted by molar-refractivity contribution is 5.87. The Morgan fingerprint density at radius 1 is 1.13 bits per heavy atom. The molecule has 0 spiro atoms. The standard InChI is InChI=1S/C28H26N4O6/c1-3-36-28(33)26-25(30-18(2)38-26)17-37-27-23(15-29)22(20-8-11-35-16-20)14-24(31-27)19-4-6-21(7-5-19)32-9-12-34-13-10-32/h4-8,11,14,16H,3,9-10,12-13,17H2,1-2H3. The summed E-state index contributed by atoms with van der Waals surface area (Å²) < 4.78 is 27.2. The number of pyridine rings is 1. The quantitative estimate of drug-likeness (QED) is 0.304. The van der Waals surface area contributed by atoms with Crippen LogP contribution in [0.1, 0.15) is 34.6 Å². The van der Waals surface area contributed by atoms with Gasteiger partial charge in [0.15, 0.2) is 5.89 Å². The third-order valence-electron chi connectivity index (χ3n) is 6.08. The van der Waals surface area contributed by atoms with E-state index in [2.05, 4.69) is 20.9 Å². The summed E-state index contributed by atoms with van der Waals surface area (Å²) in [6.45, 7) is 6.48. The summed E-state index contributed by atoms with van der Waals surface area (Å²) in [7, 11) is 0. The number of esters is 1. The molecule has 0 radical (unpaired) electrons. The zero-order valence-corrected chi connectivity index (χ0v) is 21.1. The molecule has 5 rings (SSSR count). The third kappa shape index (κ3) is 5.23. The summed E-state index contributed by atoms with van der Waals surface area (Å²) >= 11 is 0. The average molecular weight is 515 g/mol. The Kier molecular flexibility index (Phi) is 7.38. The van der Waals surface area contributed by atoms with Crippen LogP contribution in [0.4, 0.5) is 5.69 Å². The van der Waals surface area contributed by atoms with Crippen molar-refractivity contribution in [3.8, 4) is 34.3 Å². The number of ether oxygens (including phenoxy) is 3. The monoisotopic (exact) mass is 514 g/mol. The minimum atomic E-state index is -0.631. The topological polar surface area (TPSA) is 124 Å². The first-order valence-corrected chi connectivity index (χ1v) is 12.2. The average Bonchev–Trinajstić information content (AvgIpc) is 3.62. The lowest BCUT2D eigenvalue weighted by Crippen LogP contribution is -2.36. The molecule has 0 atom stereocenters. The summed E-state index contributed by atoms with van der Waals surface area (Å²) in [6.07, 6.45) is 3.10. The molecule has 3 aromatic heterocycles. The molecular formula is C28H26N4O6. The molecule has 0 saturated carbocycles. The van der Waals surface area contributed by atoms with Gasteiger partial charge in [-0.3, -0.25) is 0 Å². The van der Waals surface area contributed by atoms with E-state index in [0.717, 1.165) is 24.3 Å². The van der Waals surface area contributed by atoms with Crippen molar-refractivity contribution in [2.45, 2.75) is 20.5 Å². The molecule has 0 bridgehead atoms. The van der Waals surface area contributed by atoms with Crippen LogP contribution in [0.5, 0.6) is 5.88 Å². The summed E-state index contributed by atoms with van der Waals surface area (Å²) in [5.74, 6) is -0.261. The maximum atomic E-state index is 12.3. The van der Waals surface area contributed by atoms with Gasteiger partial charge < -0.3 is 27.9 Å². The summed E-state index contributed by atoms with van der Waals surface area (Å²) in [5, 5.41) is 10.0. The Labute approximate surface area is 219 Å². The van der Waals surface area contributed by atoms with Crippen molar-refractivity contribution in [1.29, 1.82) is 5.26 Å². The number of oxazole rings is 1. The lowest BCUT2D eigenvalue weighted by Gasteiger charge is -2.28. The first-order valence-electron chi connectivity index (χ1n) is 12.2. The first kappa shape index (κ1) is 25.0. The van der Waals surface area contributed by atoms with E-state index in [9.17, 15) is 10.1 Å². The van der Waals surface area contributed by atoms with Gasteiger partial charge in [0.1, 0.15) is 23.9 Å². The van der Waals surface area contributed by atoms with E-state index in [1.54, 1.807) is 26.2 Å². The van der Waals surface area contributed by atoms with Crippen LogP contribution in [0.2, 0.25) is 0 Å². The number of hydrogen-bond donors (Lipinski definition) is 0. The fourth-order valence-corrected chi connectivity index (χ4v) is 4.25. The Morgan fingerprint density at radius 3 is 2.61 bits per heavy atom. The number of aryl methyl sites for hydroxylation is 1. The van der Waals surface area contributed by atoms with Gasteiger partial charge in [0.05, 0.1) is 38.0 Å². The van der Waals surface area contributed by atoms with Crippen molar-refractivity contribution in [2.24, 2.45) is 0 Å². The van der Waals surface area contributed by atoms with Crippen molar-refractivity contribution in [2.75, 3.05) is 37.8 Å². The predicted molar refractivity (Wildman–Crippen MR) is 137 cm³/mol. The number of rotatable bonds is 8. The largest absolute Gasteiger partial charge is 0.472 e. The molecule has 4 aromatic rings. The van der Waals surface area contributed by atoms with E-state index in [0.29, 0.717) is 35.9 Å². The van der Waals surface area contributed by atoms with Gasteiger partial charge in [-0.05, 0) is 31.2 Å².